The Hall–Kier alpha value is -0.870. The van der Waals surface area contributed by atoms with E-state index >= 15 is 0 Å². The quantitative estimate of drug-likeness (QED) is 0.893. The first-order valence-electron chi connectivity index (χ1n) is 5.36. The Morgan fingerprint density at radius 1 is 1.56 bits per heavy atom. The number of amides is 1. The van der Waals surface area contributed by atoms with E-state index in [1.165, 1.54) is 0 Å². The third-order valence-corrected chi connectivity index (χ3v) is 3.53. The van der Waals surface area contributed by atoms with Gasteiger partial charge in [0, 0.05) is 16.7 Å². The Balaban J connectivity index is 2.80. The molecular weight excluding hydrogens is 268 g/mol. The fourth-order valence-electron chi connectivity index (χ4n) is 1.44. The fourth-order valence-corrected chi connectivity index (χ4v) is 1.80. The second-order valence-electron chi connectivity index (χ2n) is 3.74. The number of anilines is 1. The van der Waals surface area contributed by atoms with Crippen LogP contribution in [-0.4, -0.2) is 12.5 Å². The summed E-state index contributed by atoms with van der Waals surface area (Å²) in [5, 5.41) is 2.90. The van der Waals surface area contributed by atoms with E-state index in [1.54, 1.807) is 0 Å². The minimum atomic E-state index is -0.113. The van der Waals surface area contributed by atoms with E-state index < -0.39 is 0 Å². The first kappa shape index (κ1) is 13.2. The zero-order valence-electron chi connectivity index (χ0n) is 9.59. The number of carbonyl (C=O) groups is 1. The number of hydrogen-bond acceptors (Lipinski definition) is 2. The highest BCUT2D eigenvalue weighted by molar-refractivity contribution is 9.10. The van der Waals surface area contributed by atoms with Gasteiger partial charge in [0.25, 0.3) is 0 Å². The Kier molecular flexibility index (Phi) is 4.96. The molecule has 1 aromatic rings. The van der Waals surface area contributed by atoms with Crippen molar-refractivity contribution < 1.29 is 4.79 Å². The van der Waals surface area contributed by atoms with E-state index in [9.17, 15) is 4.79 Å². The van der Waals surface area contributed by atoms with Crippen LogP contribution >= 0.6 is 15.9 Å². The van der Waals surface area contributed by atoms with Gasteiger partial charge in [-0.3, -0.25) is 4.79 Å². The number of hydrogen-bond donors (Lipinski definition) is 2. The summed E-state index contributed by atoms with van der Waals surface area (Å²) in [7, 11) is 0. The molecule has 0 aliphatic carbocycles. The summed E-state index contributed by atoms with van der Waals surface area (Å²) < 4.78 is 0.992. The average Bonchev–Trinajstić information content (AvgIpc) is 2.26. The molecule has 0 bridgehead atoms. The van der Waals surface area contributed by atoms with Gasteiger partial charge in [0.2, 0.25) is 5.91 Å². The maximum atomic E-state index is 11.8. The molecule has 0 aliphatic heterocycles. The standard InChI is InChI=1S/C12H17BrN2O/c1-3-9(7-14)12(16)15-11-6-4-5-10(13)8(11)2/h4-6,9H,3,7,14H2,1-2H3,(H,15,16). The molecule has 0 spiro atoms. The van der Waals surface area contributed by atoms with Crippen LogP contribution in [0.3, 0.4) is 0 Å². The van der Waals surface area contributed by atoms with Gasteiger partial charge in [-0.1, -0.05) is 28.9 Å². The van der Waals surface area contributed by atoms with Gasteiger partial charge in [0.05, 0.1) is 5.92 Å². The molecule has 0 saturated carbocycles. The van der Waals surface area contributed by atoms with Crippen LogP contribution in [-0.2, 0) is 4.79 Å². The van der Waals surface area contributed by atoms with E-state index in [-0.39, 0.29) is 11.8 Å². The summed E-state index contributed by atoms with van der Waals surface area (Å²) >= 11 is 3.43. The number of nitrogens with two attached hydrogens (primary N) is 1. The number of nitrogens with one attached hydrogen (secondary N) is 1. The van der Waals surface area contributed by atoms with Gasteiger partial charge in [-0.15, -0.1) is 0 Å². The van der Waals surface area contributed by atoms with Crippen molar-refractivity contribution in [2.45, 2.75) is 20.3 Å². The Morgan fingerprint density at radius 2 is 2.25 bits per heavy atom. The lowest BCUT2D eigenvalue weighted by atomic mass is 10.1. The van der Waals surface area contributed by atoms with E-state index in [0.29, 0.717) is 6.54 Å². The van der Waals surface area contributed by atoms with Crippen LogP contribution in [0.15, 0.2) is 22.7 Å². The first-order valence-corrected chi connectivity index (χ1v) is 6.15. The molecule has 1 rings (SSSR count). The Labute approximate surface area is 105 Å². The van der Waals surface area contributed by atoms with Crippen molar-refractivity contribution in [2.75, 3.05) is 11.9 Å². The Bertz CT molecular complexity index is 375. The van der Waals surface area contributed by atoms with Crippen molar-refractivity contribution in [3.8, 4) is 0 Å². The number of benzene rings is 1. The average molecular weight is 285 g/mol. The lowest BCUT2D eigenvalue weighted by molar-refractivity contribution is -0.119. The zero-order chi connectivity index (χ0) is 12.1. The number of halogens is 1. The molecule has 88 valence electrons. The topological polar surface area (TPSA) is 55.1 Å². The second-order valence-corrected chi connectivity index (χ2v) is 4.60. The van der Waals surface area contributed by atoms with Gasteiger partial charge < -0.3 is 11.1 Å². The Morgan fingerprint density at radius 3 is 2.81 bits per heavy atom. The van der Waals surface area contributed by atoms with E-state index in [0.717, 1.165) is 22.1 Å². The van der Waals surface area contributed by atoms with Gasteiger partial charge in [-0.05, 0) is 31.0 Å². The maximum absolute atomic E-state index is 11.8. The van der Waals surface area contributed by atoms with Crippen LogP contribution in [0.5, 0.6) is 0 Å². The lowest BCUT2D eigenvalue weighted by Crippen LogP contribution is -2.28. The van der Waals surface area contributed by atoms with E-state index in [1.807, 2.05) is 32.0 Å². The molecule has 0 fully saturated rings. The van der Waals surface area contributed by atoms with E-state index in [2.05, 4.69) is 21.2 Å². The smallest absolute Gasteiger partial charge is 0.228 e. The minimum absolute atomic E-state index is 0.00815. The maximum Gasteiger partial charge on any atom is 0.228 e. The van der Waals surface area contributed by atoms with E-state index in [4.69, 9.17) is 5.73 Å². The first-order chi connectivity index (χ1) is 7.60. The molecule has 1 atom stereocenters. The molecule has 0 aromatic heterocycles. The molecular formula is C12H17BrN2O. The predicted octanol–water partition coefficient (Wildman–Crippen LogP) is 2.68. The molecule has 4 heteroatoms. The van der Waals surface area contributed by atoms with Gasteiger partial charge >= 0.3 is 0 Å². The monoisotopic (exact) mass is 284 g/mol. The highest BCUT2D eigenvalue weighted by Crippen LogP contribution is 2.23. The third kappa shape index (κ3) is 3.06. The van der Waals surface area contributed by atoms with Crippen LogP contribution in [0, 0.1) is 12.8 Å². The van der Waals surface area contributed by atoms with Crippen molar-refractivity contribution in [3.05, 3.63) is 28.2 Å². The predicted molar refractivity (Wildman–Crippen MR) is 70.3 cm³/mol. The largest absolute Gasteiger partial charge is 0.330 e. The van der Waals surface area contributed by atoms with Crippen LogP contribution < -0.4 is 11.1 Å². The molecule has 0 aliphatic rings. The molecule has 1 aromatic carbocycles. The molecule has 16 heavy (non-hydrogen) atoms. The van der Waals surface area contributed by atoms with Gasteiger partial charge in [0.15, 0.2) is 0 Å². The molecule has 3 N–H and O–H groups in total. The molecule has 0 heterocycles. The summed E-state index contributed by atoms with van der Waals surface area (Å²) in [4.78, 5) is 11.8. The molecule has 1 amide bonds. The van der Waals surface area contributed by atoms with Crippen LogP contribution in [0.1, 0.15) is 18.9 Å². The minimum Gasteiger partial charge on any atom is -0.330 e. The number of carbonyl (C=O) groups excluding carboxylic acids is 1. The summed E-state index contributed by atoms with van der Waals surface area (Å²) in [5.74, 6) is -0.121. The van der Waals surface area contributed by atoms with Crippen LogP contribution in [0.4, 0.5) is 5.69 Å². The molecule has 0 radical (unpaired) electrons. The van der Waals surface area contributed by atoms with Crippen molar-refractivity contribution in [1.82, 2.24) is 0 Å². The molecule has 3 nitrogen and oxygen atoms in total. The SMILES string of the molecule is CCC(CN)C(=O)Nc1cccc(Br)c1C. The van der Waals surface area contributed by atoms with Crippen molar-refractivity contribution in [2.24, 2.45) is 11.7 Å². The molecule has 1 unspecified atom stereocenters. The zero-order valence-corrected chi connectivity index (χ0v) is 11.2. The fraction of sp³-hybridized carbons (Fsp3) is 0.417. The highest BCUT2D eigenvalue weighted by Gasteiger charge is 2.15. The summed E-state index contributed by atoms with van der Waals surface area (Å²) in [6.45, 7) is 4.31. The van der Waals surface area contributed by atoms with Gasteiger partial charge in [-0.25, -0.2) is 0 Å². The molecule has 0 saturated heterocycles. The van der Waals surface area contributed by atoms with Crippen molar-refractivity contribution in [3.63, 3.8) is 0 Å². The number of rotatable bonds is 4. The second kappa shape index (κ2) is 6.01. The van der Waals surface area contributed by atoms with Crippen LogP contribution in [0.25, 0.3) is 0 Å². The van der Waals surface area contributed by atoms with Gasteiger partial charge in [0.1, 0.15) is 0 Å². The highest BCUT2D eigenvalue weighted by atomic mass is 79.9. The van der Waals surface area contributed by atoms with Crippen molar-refractivity contribution in [1.29, 1.82) is 0 Å². The summed E-state index contributed by atoms with van der Waals surface area (Å²) in [6.07, 6.45) is 0.759. The van der Waals surface area contributed by atoms with Crippen LogP contribution in [0.2, 0.25) is 0 Å². The lowest BCUT2D eigenvalue weighted by Gasteiger charge is -2.14. The normalized spacial score (nSPS) is 12.2. The summed E-state index contributed by atoms with van der Waals surface area (Å²) in [5.41, 5.74) is 7.41. The van der Waals surface area contributed by atoms with Gasteiger partial charge in [-0.2, -0.15) is 0 Å². The third-order valence-electron chi connectivity index (χ3n) is 2.67. The summed E-state index contributed by atoms with van der Waals surface area (Å²) in [6, 6.07) is 5.74. The van der Waals surface area contributed by atoms with Crippen molar-refractivity contribution >= 4 is 27.5 Å².